The first kappa shape index (κ1) is 14.8. The summed E-state index contributed by atoms with van der Waals surface area (Å²) in [5.74, 6) is -0.391. The van der Waals surface area contributed by atoms with Crippen LogP contribution < -0.4 is 5.32 Å². The van der Waals surface area contributed by atoms with Crippen LogP contribution in [0.4, 0.5) is 0 Å². The number of H-pyrrole nitrogens is 1. The van der Waals surface area contributed by atoms with Gasteiger partial charge < -0.3 is 10.2 Å². The fourth-order valence-corrected chi connectivity index (χ4v) is 1.96. The predicted octanol–water partition coefficient (Wildman–Crippen LogP) is 1.36. The van der Waals surface area contributed by atoms with Gasteiger partial charge in [-0.25, -0.2) is 0 Å². The van der Waals surface area contributed by atoms with Crippen LogP contribution in [0, 0.1) is 0 Å². The van der Waals surface area contributed by atoms with Gasteiger partial charge in [-0.3, -0.25) is 14.7 Å². The maximum atomic E-state index is 12.1. The number of benzene rings is 1. The number of nitrogens with zero attached hydrogens (tertiary/aromatic N) is 2. The first-order valence-electron chi connectivity index (χ1n) is 6.66. The molecular formula is C15H18N4O2. The minimum atomic E-state index is -0.213. The summed E-state index contributed by atoms with van der Waals surface area (Å²) >= 11 is 0. The quantitative estimate of drug-likeness (QED) is 0.871. The van der Waals surface area contributed by atoms with Crippen molar-refractivity contribution in [2.45, 2.75) is 13.0 Å². The van der Waals surface area contributed by atoms with Gasteiger partial charge in [0, 0.05) is 24.4 Å². The Morgan fingerprint density at radius 1 is 1.33 bits per heavy atom. The van der Waals surface area contributed by atoms with Gasteiger partial charge in [-0.15, -0.1) is 0 Å². The highest BCUT2D eigenvalue weighted by molar-refractivity contribution is 5.96. The average Bonchev–Trinajstić information content (AvgIpc) is 3.01. The predicted molar refractivity (Wildman–Crippen MR) is 78.5 cm³/mol. The molecule has 1 atom stereocenters. The molecule has 0 fully saturated rings. The van der Waals surface area contributed by atoms with Crippen LogP contribution in [0.5, 0.6) is 0 Å². The van der Waals surface area contributed by atoms with Crippen LogP contribution in [0.15, 0.2) is 42.7 Å². The number of likely N-dealkylation sites (N-methyl/N-ethyl adjacent to an activating group) is 1. The number of carbonyl (C=O) groups excluding carboxylic acids is 2. The molecule has 2 aromatic rings. The lowest BCUT2D eigenvalue weighted by molar-refractivity contribution is -0.122. The van der Waals surface area contributed by atoms with Gasteiger partial charge in [0.15, 0.2) is 0 Å². The van der Waals surface area contributed by atoms with Gasteiger partial charge in [-0.05, 0) is 19.1 Å². The lowest BCUT2D eigenvalue weighted by Crippen LogP contribution is -2.39. The zero-order valence-electron chi connectivity index (χ0n) is 12.0. The monoisotopic (exact) mass is 286 g/mol. The van der Waals surface area contributed by atoms with Crippen molar-refractivity contribution in [3.05, 3.63) is 53.9 Å². The van der Waals surface area contributed by atoms with Crippen molar-refractivity contribution in [1.82, 2.24) is 20.4 Å². The number of hydrogen-bond acceptors (Lipinski definition) is 3. The molecule has 0 saturated carbocycles. The summed E-state index contributed by atoms with van der Waals surface area (Å²) in [4.78, 5) is 25.5. The summed E-state index contributed by atoms with van der Waals surface area (Å²) in [6.45, 7) is 1.87. The van der Waals surface area contributed by atoms with Gasteiger partial charge in [-0.2, -0.15) is 5.10 Å². The molecule has 110 valence electrons. The number of amides is 2. The second kappa shape index (κ2) is 6.69. The van der Waals surface area contributed by atoms with E-state index in [0.29, 0.717) is 5.56 Å². The van der Waals surface area contributed by atoms with E-state index in [-0.39, 0.29) is 24.4 Å². The minimum Gasteiger partial charge on any atom is -0.348 e. The summed E-state index contributed by atoms with van der Waals surface area (Å²) in [6.07, 6.45) is 3.38. The zero-order valence-corrected chi connectivity index (χ0v) is 12.0. The zero-order chi connectivity index (χ0) is 15.2. The van der Waals surface area contributed by atoms with Gasteiger partial charge in [0.05, 0.1) is 18.8 Å². The molecule has 0 aliphatic heterocycles. The van der Waals surface area contributed by atoms with E-state index >= 15 is 0 Å². The Morgan fingerprint density at radius 2 is 2.05 bits per heavy atom. The Labute approximate surface area is 123 Å². The van der Waals surface area contributed by atoms with Crippen LogP contribution in [0.1, 0.15) is 28.9 Å². The van der Waals surface area contributed by atoms with Gasteiger partial charge in [0.2, 0.25) is 5.91 Å². The van der Waals surface area contributed by atoms with Crippen LogP contribution >= 0.6 is 0 Å². The lowest BCUT2D eigenvalue weighted by atomic mass is 10.2. The smallest absolute Gasteiger partial charge is 0.254 e. The van der Waals surface area contributed by atoms with Gasteiger partial charge in [-0.1, -0.05) is 18.2 Å². The molecule has 0 aliphatic rings. The third-order valence-corrected chi connectivity index (χ3v) is 3.15. The summed E-state index contributed by atoms with van der Waals surface area (Å²) in [5.41, 5.74) is 1.45. The average molecular weight is 286 g/mol. The molecule has 21 heavy (non-hydrogen) atoms. The molecule has 2 amide bonds. The summed E-state index contributed by atoms with van der Waals surface area (Å²) in [5, 5.41) is 9.36. The number of aromatic nitrogens is 2. The van der Waals surface area contributed by atoms with Gasteiger partial charge in [0.25, 0.3) is 5.91 Å². The molecule has 0 saturated heterocycles. The molecule has 0 bridgehead atoms. The van der Waals surface area contributed by atoms with Crippen LogP contribution in [-0.2, 0) is 4.79 Å². The van der Waals surface area contributed by atoms with Crippen molar-refractivity contribution in [2.24, 2.45) is 0 Å². The van der Waals surface area contributed by atoms with Crippen LogP contribution in [0.25, 0.3) is 0 Å². The van der Waals surface area contributed by atoms with E-state index in [9.17, 15) is 9.59 Å². The van der Waals surface area contributed by atoms with Crippen molar-refractivity contribution < 1.29 is 9.59 Å². The highest BCUT2D eigenvalue weighted by Gasteiger charge is 2.16. The largest absolute Gasteiger partial charge is 0.348 e. The topological polar surface area (TPSA) is 78.1 Å². The Morgan fingerprint density at radius 3 is 2.67 bits per heavy atom. The molecular weight excluding hydrogens is 268 g/mol. The molecule has 0 radical (unpaired) electrons. The number of hydrogen-bond donors (Lipinski definition) is 2. The first-order valence-corrected chi connectivity index (χ1v) is 6.66. The molecule has 0 aliphatic carbocycles. The van der Waals surface area contributed by atoms with E-state index in [1.54, 1.807) is 43.7 Å². The molecule has 2 N–H and O–H groups in total. The molecule has 6 nitrogen and oxygen atoms in total. The molecule has 2 rings (SSSR count). The highest BCUT2D eigenvalue weighted by Crippen LogP contribution is 2.09. The molecule has 0 spiro atoms. The number of aromatic amines is 1. The van der Waals surface area contributed by atoms with Crippen LogP contribution in [0.2, 0.25) is 0 Å². The molecule has 1 aromatic carbocycles. The van der Waals surface area contributed by atoms with E-state index in [4.69, 9.17) is 0 Å². The SMILES string of the molecule is CC(NC(=O)CN(C)C(=O)c1ccccc1)c1cn[nH]c1. The van der Waals surface area contributed by atoms with Crippen molar-refractivity contribution in [3.8, 4) is 0 Å². The fourth-order valence-electron chi connectivity index (χ4n) is 1.96. The maximum Gasteiger partial charge on any atom is 0.254 e. The second-order valence-electron chi connectivity index (χ2n) is 4.85. The van der Waals surface area contributed by atoms with Gasteiger partial charge in [0.1, 0.15) is 0 Å². The number of rotatable bonds is 5. The minimum absolute atomic E-state index is 0.00984. The van der Waals surface area contributed by atoms with Crippen molar-refractivity contribution >= 4 is 11.8 Å². The Bertz CT molecular complexity index is 595. The van der Waals surface area contributed by atoms with Crippen molar-refractivity contribution in [1.29, 1.82) is 0 Å². The van der Waals surface area contributed by atoms with E-state index < -0.39 is 0 Å². The summed E-state index contributed by atoms with van der Waals surface area (Å²) < 4.78 is 0. The lowest BCUT2D eigenvalue weighted by Gasteiger charge is -2.18. The van der Waals surface area contributed by atoms with E-state index in [2.05, 4.69) is 15.5 Å². The van der Waals surface area contributed by atoms with Crippen molar-refractivity contribution in [3.63, 3.8) is 0 Å². The first-order chi connectivity index (χ1) is 10.1. The Balaban J connectivity index is 1.89. The van der Waals surface area contributed by atoms with E-state index in [1.807, 2.05) is 13.0 Å². The van der Waals surface area contributed by atoms with Crippen LogP contribution in [-0.4, -0.2) is 40.5 Å². The van der Waals surface area contributed by atoms with Crippen molar-refractivity contribution in [2.75, 3.05) is 13.6 Å². The fraction of sp³-hybridized carbons (Fsp3) is 0.267. The Kier molecular flexibility index (Phi) is 4.71. The van der Waals surface area contributed by atoms with Gasteiger partial charge >= 0.3 is 0 Å². The number of carbonyl (C=O) groups is 2. The molecule has 1 aromatic heterocycles. The Hall–Kier alpha value is -2.63. The molecule has 1 unspecified atom stereocenters. The number of nitrogens with one attached hydrogen (secondary N) is 2. The normalized spacial score (nSPS) is 11.7. The third kappa shape index (κ3) is 3.92. The second-order valence-corrected chi connectivity index (χ2v) is 4.85. The van der Waals surface area contributed by atoms with E-state index in [1.165, 1.54) is 4.90 Å². The standard InChI is InChI=1S/C15H18N4O2/c1-11(13-8-16-17-9-13)18-14(20)10-19(2)15(21)12-6-4-3-5-7-12/h3-9,11H,10H2,1-2H3,(H,16,17)(H,18,20). The molecule has 1 heterocycles. The summed E-state index contributed by atoms with van der Waals surface area (Å²) in [7, 11) is 1.61. The highest BCUT2D eigenvalue weighted by atomic mass is 16.2. The molecule has 6 heteroatoms. The third-order valence-electron chi connectivity index (χ3n) is 3.15. The summed E-state index contributed by atoms with van der Waals surface area (Å²) in [6, 6.07) is 8.73. The van der Waals surface area contributed by atoms with E-state index in [0.717, 1.165) is 5.56 Å². The van der Waals surface area contributed by atoms with Crippen LogP contribution in [0.3, 0.4) is 0 Å². The maximum absolute atomic E-state index is 12.1.